The van der Waals surface area contributed by atoms with Crippen molar-refractivity contribution in [2.75, 3.05) is 32.9 Å². The first kappa shape index (κ1) is 22.6. The van der Waals surface area contributed by atoms with Gasteiger partial charge in [-0.2, -0.15) is 0 Å². The highest BCUT2D eigenvalue weighted by Crippen LogP contribution is 2.15. The highest BCUT2D eigenvalue weighted by atomic mass is 127. The summed E-state index contributed by atoms with van der Waals surface area (Å²) in [6, 6.07) is 4.16. The van der Waals surface area contributed by atoms with Crippen LogP contribution in [-0.4, -0.2) is 57.0 Å². The molecule has 1 aromatic heterocycles. The van der Waals surface area contributed by atoms with Crippen LogP contribution in [0.3, 0.4) is 0 Å². The van der Waals surface area contributed by atoms with Crippen molar-refractivity contribution in [2.24, 2.45) is 4.99 Å². The standard InChI is InChI=1S/C15H27N3O2S2.HI/c1-15(2,3)22(19,20)12-9-17-14(16-4)18(5)10-8-13-7-6-11-21-13;/h6-7,11H,8-10,12H2,1-5H3,(H,16,17);1H. The number of halogens is 1. The average Bonchev–Trinajstić information content (AvgIpc) is 2.93. The summed E-state index contributed by atoms with van der Waals surface area (Å²) < 4.78 is 23.4. The minimum atomic E-state index is -3.11. The van der Waals surface area contributed by atoms with Gasteiger partial charge in [0, 0.05) is 32.1 Å². The molecule has 0 aliphatic heterocycles. The average molecular weight is 473 g/mol. The summed E-state index contributed by atoms with van der Waals surface area (Å²) in [5, 5.41) is 5.20. The van der Waals surface area contributed by atoms with E-state index in [1.807, 2.05) is 18.0 Å². The minimum absolute atomic E-state index is 0. The Labute approximate surface area is 161 Å². The quantitative estimate of drug-likeness (QED) is 0.392. The second-order valence-electron chi connectivity index (χ2n) is 6.16. The molecular weight excluding hydrogens is 445 g/mol. The van der Waals surface area contributed by atoms with Crippen LogP contribution in [0.4, 0.5) is 0 Å². The van der Waals surface area contributed by atoms with E-state index >= 15 is 0 Å². The first-order valence-electron chi connectivity index (χ1n) is 7.34. The second-order valence-corrected chi connectivity index (χ2v) is 10.1. The highest BCUT2D eigenvalue weighted by molar-refractivity contribution is 14.0. The monoisotopic (exact) mass is 473 g/mol. The third-order valence-corrected chi connectivity index (χ3v) is 6.98. The van der Waals surface area contributed by atoms with Gasteiger partial charge in [0.15, 0.2) is 15.8 Å². The first-order chi connectivity index (χ1) is 10.2. The van der Waals surface area contributed by atoms with Crippen molar-refractivity contribution in [1.29, 1.82) is 0 Å². The summed E-state index contributed by atoms with van der Waals surface area (Å²) in [5.41, 5.74) is 0. The molecule has 0 fully saturated rings. The third kappa shape index (κ3) is 7.38. The molecule has 5 nitrogen and oxygen atoms in total. The highest BCUT2D eigenvalue weighted by Gasteiger charge is 2.28. The molecule has 0 unspecified atom stereocenters. The van der Waals surface area contributed by atoms with Gasteiger partial charge in [-0.15, -0.1) is 35.3 Å². The van der Waals surface area contributed by atoms with E-state index in [0.29, 0.717) is 6.54 Å². The lowest BCUT2D eigenvalue weighted by molar-refractivity contribution is 0.488. The number of thiophene rings is 1. The lowest BCUT2D eigenvalue weighted by Crippen LogP contribution is -2.43. The Bertz CT molecular complexity index is 578. The summed E-state index contributed by atoms with van der Waals surface area (Å²) in [4.78, 5) is 7.56. The molecule has 0 saturated carbocycles. The van der Waals surface area contributed by atoms with Gasteiger partial charge < -0.3 is 10.2 Å². The fourth-order valence-electron chi connectivity index (χ4n) is 1.83. The second kappa shape index (κ2) is 9.83. The maximum atomic E-state index is 12.1. The third-order valence-electron chi connectivity index (χ3n) is 3.43. The number of aliphatic imine (C=N–C) groups is 1. The zero-order valence-electron chi connectivity index (χ0n) is 14.5. The molecule has 1 N–H and O–H groups in total. The molecule has 0 spiro atoms. The molecule has 134 valence electrons. The van der Waals surface area contributed by atoms with E-state index in [0.717, 1.165) is 18.9 Å². The van der Waals surface area contributed by atoms with Crippen LogP contribution in [0.1, 0.15) is 25.6 Å². The van der Waals surface area contributed by atoms with E-state index in [-0.39, 0.29) is 29.7 Å². The Balaban J connectivity index is 0.00000484. The van der Waals surface area contributed by atoms with E-state index in [1.54, 1.807) is 39.2 Å². The smallest absolute Gasteiger partial charge is 0.193 e. The van der Waals surface area contributed by atoms with E-state index < -0.39 is 14.6 Å². The van der Waals surface area contributed by atoms with Crippen molar-refractivity contribution in [1.82, 2.24) is 10.2 Å². The molecule has 0 atom stereocenters. The van der Waals surface area contributed by atoms with Gasteiger partial charge in [0.25, 0.3) is 0 Å². The van der Waals surface area contributed by atoms with E-state index in [9.17, 15) is 8.42 Å². The van der Waals surface area contributed by atoms with Gasteiger partial charge in [0.05, 0.1) is 10.5 Å². The van der Waals surface area contributed by atoms with E-state index in [2.05, 4.69) is 21.8 Å². The molecule has 0 aliphatic rings. The van der Waals surface area contributed by atoms with Crippen molar-refractivity contribution in [3.8, 4) is 0 Å². The maximum Gasteiger partial charge on any atom is 0.193 e. The molecule has 23 heavy (non-hydrogen) atoms. The number of nitrogens with zero attached hydrogens (tertiary/aromatic N) is 2. The van der Waals surface area contributed by atoms with Crippen LogP contribution < -0.4 is 5.32 Å². The number of rotatable bonds is 6. The molecule has 0 amide bonds. The normalized spacial score (nSPS) is 12.7. The van der Waals surface area contributed by atoms with Gasteiger partial charge in [-0.05, 0) is 38.6 Å². The molecule has 1 rings (SSSR count). The van der Waals surface area contributed by atoms with Crippen LogP contribution in [0.2, 0.25) is 0 Å². The lowest BCUT2D eigenvalue weighted by Gasteiger charge is -2.23. The zero-order chi connectivity index (χ0) is 16.8. The maximum absolute atomic E-state index is 12.1. The Hall–Kier alpha value is -0.350. The zero-order valence-corrected chi connectivity index (χ0v) is 18.5. The van der Waals surface area contributed by atoms with Crippen molar-refractivity contribution >= 4 is 51.1 Å². The topological polar surface area (TPSA) is 61.8 Å². The number of guanidine groups is 1. The fourth-order valence-corrected chi connectivity index (χ4v) is 3.51. The predicted molar refractivity (Wildman–Crippen MR) is 111 cm³/mol. The van der Waals surface area contributed by atoms with Crippen molar-refractivity contribution < 1.29 is 8.42 Å². The number of hydrogen-bond donors (Lipinski definition) is 1. The molecule has 1 heterocycles. The van der Waals surface area contributed by atoms with Gasteiger partial charge in [-0.1, -0.05) is 6.07 Å². The molecule has 0 aromatic carbocycles. The largest absolute Gasteiger partial charge is 0.355 e. The van der Waals surface area contributed by atoms with Gasteiger partial charge in [-0.3, -0.25) is 4.99 Å². The lowest BCUT2D eigenvalue weighted by atomic mass is 10.3. The SMILES string of the molecule is CN=C(NCCS(=O)(=O)C(C)(C)C)N(C)CCc1cccs1.I. The summed E-state index contributed by atoms with van der Waals surface area (Å²) in [6.45, 7) is 6.39. The minimum Gasteiger partial charge on any atom is -0.355 e. The number of nitrogens with one attached hydrogen (secondary N) is 1. The molecule has 0 radical (unpaired) electrons. The molecular formula is C15H28IN3O2S2. The fraction of sp³-hybridized carbons (Fsp3) is 0.667. The molecule has 8 heteroatoms. The van der Waals surface area contributed by atoms with Gasteiger partial charge >= 0.3 is 0 Å². The number of sulfone groups is 1. The summed E-state index contributed by atoms with van der Waals surface area (Å²) in [5.74, 6) is 0.828. The van der Waals surface area contributed by atoms with Crippen LogP contribution in [-0.2, 0) is 16.3 Å². The van der Waals surface area contributed by atoms with Crippen LogP contribution in [0.25, 0.3) is 0 Å². The molecule has 0 bridgehead atoms. The van der Waals surface area contributed by atoms with Crippen molar-refractivity contribution in [3.63, 3.8) is 0 Å². The Kier molecular flexibility index (Phi) is 9.68. The van der Waals surface area contributed by atoms with E-state index in [4.69, 9.17) is 0 Å². The van der Waals surface area contributed by atoms with Crippen molar-refractivity contribution in [2.45, 2.75) is 31.9 Å². The van der Waals surface area contributed by atoms with Crippen LogP contribution >= 0.6 is 35.3 Å². The Morgan fingerprint density at radius 2 is 2.04 bits per heavy atom. The van der Waals surface area contributed by atoms with E-state index in [1.165, 1.54) is 4.88 Å². The Morgan fingerprint density at radius 1 is 1.39 bits per heavy atom. The molecule has 1 aromatic rings. The molecule has 0 aliphatic carbocycles. The van der Waals surface area contributed by atoms with Crippen LogP contribution in [0.15, 0.2) is 22.5 Å². The van der Waals surface area contributed by atoms with Crippen LogP contribution in [0.5, 0.6) is 0 Å². The summed E-state index contributed by atoms with van der Waals surface area (Å²) in [7, 11) is 0.561. The summed E-state index contributed by atoms with van der Waals surface area (Å²) in [6.07, 6.45) is 0.954. The molecule has 0 saturated heterocycles. The summed E-state index contributed by atoms with van der Waals surface area (Å²) >= 11 is 1.74. The number of hydrogen-bond acceptors (Lipinski definition) is 4. The first-order valence-corrected chi connectivity index (χ1v) is 9.87. The van der Waals surface area contributed by atoms with Crippen molar-refractivity contribution in [3.05, 3.63) is 22.4 Å². The van der Waals surface area contributed by atoms with Gasteiger partial charge in [-0.25, -0.2) is 8.42 Å². The Morgan fingerprint density at radius 3 is 2.52 bits per heavy atom. The van der Waals surface area contributed by atoms with Gasteiger partial charge in [0.2, 0.25) is 0 Å². The predicted octanol–water partition coefficient (Wildman–Crippen LogP) is 2.63. The van der Waals surface area contributed by atoms with Gasteiger partial charge in [0.1, 0.15) is 0 Å². The van der Waals surface area contributed by atoms with Crippen LogP contribution in [0, 0.1) is 0 Å². The number of likely N-dealkylation sites (N-methyl/N-ethyl adjacent to an activating group) is 1.